The first kappa shape index (κ1) is 14.1. The van der Waals surface area contributed by atoms with Crippen LogP contribution < -0.4 is 9.47 Å². The molecule has 1 rings (SSSR count). The van der Waals surface area contributed by atoms with E-state index < -0.39 is 5.97 Å². The van der Waals surface area contributed by atoms with Crippen LogP contribution in [0.5, 0.6) is 11.5 Å². The summed E-state index contributed by atoms with van der Waals surface area (Å²) in [6.07, 6.45) is 0.980. The number of aliphatic hydroxyl groups excluding tert-OH is 1. The number of benzene rings is 1. The van der Waals surface area contributed by atoms with Gasteiger partial charge in [0.2, 0.25) is 0 Å². The van der Waals surface area contributed by atoms with Gasteiger partial charge in [-0.3, -0.25) is 0 Å². The molecule has 0 heterocycles. The third-order valence-corrected chi connectivity index (χ3v) is 2.54. The topological polar surface area (TPSA) is 76.0 Å². The Labute approximate surface area is 105 Å². The molecule has 0 bridgehead atoms. The zero-order valence-corrected chi connectivity index (χ0v) is 10.6. The number of rotatable bonds is 5. The molecule has 1 aromatic rings. The van der Waals surface area contributed by atoms with Crippen LogP contribution in [-0.4, -0.2) is 37.0 Å². The molecule has 2 N–H and O–H groups in total. The lowest BCUT2D eigenvalue weighted by molar-refractivity contribution is -0.131. The van der Waals surface area contributed by atoms with Crippen LogP contribution in [0.3, 0.4) is 0 Å². The maximum atomic E-state index is 10.7. The number of carbonyl (C=O) groups is 1. The molecular formula is C13H16O5. The van der Waals surface area contributed by atoms with Gasteiger partial charge in [-0.1, -0.05) is 0 Å². The van der Waals surface area contributed by atoms with Gasteiger partial charge in [0.15, 0.2) is 11.5 Å². The second-order valence-corrected chi connectivity index (χ2v) is 3.69. The summed E-state index contributed by atoms with van der Waals surface area (Å²) in [6.45, 7) is 1.45. The fourth-order valence-corrected chi connectivity index (χ4v) is 1.68. The van der Waals surface area contributed by atoms with Gasteiger partial charge in [0, 0.05) is 6.08 Å². The van der Waals surface area contributed by atoms with E-state index >= 15 is 0 Å². The van der Waals surface area contributed by atoms with Crippen LogP contribution in [0.25, 0.3) is 5.57 Å². The molecule has 0 aliphatic heterocycles. The smallest absolute Gasteiger partial charge is 0.328 e. The Morgan fingerprint density at radius 2 is 1.83 bits per heavy atom. The molecule has 1 aromatic carbocycles. The molecule has 0 spiro atoms. The summed E-state index contributed by atoms with van der Waals surface area (Å²) in [4.78, 5) is 10.7. The molecular weight excluding hydrogens is 236 g/mol. The Bertz CT molecular complexity index is 477. The van der Waals surface area contributed by atoms with E-state index in [4.69, 9.17) is 14.6 Å². The number of hydrogen-bond donors (Lipinski definition) is 2. The second kappa shape index (κ2) is 6.07. The van der Waals surface area contributed by atoms with E-state index in [1.54, 1.807) is 12.1 Å². The summed E-state index contributed by atoms with van der Waals surface area (Å²) < 4.78 is 10.3. The average Bonchev–Trinajstić information content (AvgIpc) is 2.35. The van der Waals surface area contributed by atoms with Crippen LogP contribution in [0.4, 0.5) is 0 Å². The monoisotopic (exact) mass is 252 g/mol. The Kier molecular flexibility index (Phi) is 4.74. The largest absolute Gasteiger partial charge is 0.493 e. The Balaban J connectivity index is 3.36. The van der Waals surface area contributed by atoms with Crippen molar-refractivity contribution in [3.8, 4) is 11.5 Å². The highest BCUT2D eigenvalue weighted by Gasteiger charge is 2.12. The molecule has 5 nitrogen and oxygen atoms in total. The SMILES string of the molecule is COc1cc(C)c(/C(=C/C(=O)O)CO)cc1OC. The van der Waals surface area contributed by atoms with Gasteiger partial charge in [-0.05, 0) is 35.8 Å². The van der Waals surface area contributed by atoms with Crippen molar-refractivity contribution in [1.29, 1.82) is 0 Å². The molecule has 5 heteroatoms. The van der Waals surface area contributed by atoms with Crippen molar-refractivity contribution >= 4 is 11.5 Å². The van der Waals surface area contributed by atoms with Gasteiger partial charge in [0.05, 0.1) is 20.8 Å². The van der Waals surface area contributed by atoms with Crippen LogP contribution in [0, 0.1) is 6.92 Å². The lowest BCUT2D eigenvalue weighted by Crippen LogP contribution is -2.00. The number of carboxylic acid groups (broad SMARTS) is 1. The Hall–Kier alpha value is -2.01. The van der Waals surface area contributed by atoms with Crippen molar-refractivity contribution in [1.82, 2.24) is 0 Å². The van der Waals surface area contributed by atoms with Crippen LogP contribution >= 0.6 is 0 Å². The maximum Gasteiger partial charge on any atom is 0.328 e. The van der Waals surface area contributed by atoms with Gasteiger partial charge >= 0.3 is 5.97 Å². The zero-order chi connectivity index (χ0) is 13.7. The van der Waals surface area contributed by atoms with Crippen LogP contribution in [0.2, 0.25) is 0 Å². The molecule has 0 radical (unpaired) electrons. The van der Waals surface area contributed by atoms with Gasteiger partial charge in [-0.25, -0.2) is 4.79 Å². The van der Waals surface area contributed by atoms with Crippen LogP contribution in [0.15, 0.2) is 18.2 Å². The molecule has 0 aliphatic rings. The molecule has 0 aliphatic carbocycles. The van der Waals surface area contributed by atoms with Crippen LogP contribution in [0.1, 0.15) is 11.1 Å². The summed E-state index contributed by atoms with van der Waals surface area (Å²) >= 11 is 0. The van der Waals surface area contributed by atoms with Gasteiger partial charge < -0.3 is 19.7 Å². The highest BCUT2D eigenvalue weighted by atomic mass is 16.5. The minimum atomic E-state index is -1.10. The Morgan fingerprint density at radius 3 is 2.28 bits per heavy atom. The molecule has 0 atom stereocenters. The number of ether oxygens (including phenoxy) is 2. The maximum absolute atomic E-state index is 10.7. The van der Waals surface area contributed by atoms with Crippen LogP contribution in [-0.2, 0) is 4.79 Å². The van der Waals surface area contributed by atoms with Gasteiger partial charge in [-0.15, -0.1) is 0 Å². The number of aliphatic hydroxyl groups is 1. The molecule has 98 valence electrons. The van der Waals surface area contributed by atoms with E-state index in [2.05, 4.69) is 0 Å². The molecule has 0 amide bonds. The fraction of sp³-hybridized carbons (Fsp3) is 0.308. The van der Waals surface area contributed by atoms with E-state index in [0.29, 0.717) is 22.6 Å². The van der Waals surface area contributed by atoms with Crippen molar-refractivity contribution < 1.29 is 24.5 Å². The van der Waals surface area contributed by atoms with E-state index in [-0.39, 0.29) is 6.61 Å². The van der Waals surface area contributed by atoms with E-state index in [1.165, 1.54) is 14.2 Å². The van der Waals surface area contributed by atoms with Crippen molar-refractivity contribution in [3.63, 3.8) is 0 Å². The standard InChI is InChI=1S/C13H16O5/c1-8-4-11(17-2)12(18-3)6-10(8)9(7-14)5-13(15)16/h4-6,14H,7H2,1-3H3,(H,15,16)/b9-5+. The van der Waals surface area contributed by atoms with Crippen molar-refractivity contribution in [2.24, 2.45) is 0 Å². The summed E-state index contributed by atoms with van der Waals surface area (Å²) in [5, 5.41) is 18.0. The van der Waals surface area contributed by atoms with Gasteiger partial charge in [0.1, 0.15) is 0 Å². The number of aliphatic carboxylic acids is 1. The van der Waals surface area contributed by atoms with Crippen molar-refractivity contribution in [3.05, 3.63) is 29.3 Å². The van der Waals surface area contributed by atoms with Gasteiger partial charge in [-0.2, -0.15) is 0 Å². The second-order valence-electron chi connectivity index (χ2n) is 3.69. The highest BCUT2D eigenvalue weighted by Crippen LogP contribution is 2.33. The van der Waals surface area contributed by atoms with E-state index in [0.717, 1.165) is 11.6 Å². The number of carboxylic acids is 1. The third kappa shape index (κ3) is 3.01. The number of methoxy groups -OCH3 is 2. The molecule has 0 fully saturated rings. The molecule has 0 unspecified atom stereocenters. The first-order valence-electron chi connectivity index (χ1n) is 5.30. The lowest BCUT2D eigenvalue weighted by atomic mass is 10.00. The highest BCUT2D eigenvalue weighted by molar-refractivity contribution is 5.91. The minimum absolute atomic E-state index is 0.320. The minimum Gasteiger partial charge on any atom is -0.493 e. The number of hydrogen-bond acceptors (Lipinski definition) is 4. The fourth-order valence-electron chi connectivity index (χ4n) is 1.68. The quantitative estimate of drug-likeness (QED) is 0.776. The molecule has 0 aromatic heterocycles. The van der Waals surface area contributed by atoms with Crippen molar-refractivity contribution in [2.75, 3.05) is 20.8 Å². The van der Waals surface area contributed by atoms with E-state index in [1.807, 2.05) is 6.92 Å². The summed E-state index contributed by atoms with van der Waals surface area (Å²) in [7, 11) is 3.02. The number of aryl methyl sites for hydroxylation is 1. The predicted octanol–water partition coefficient (Wildman–Crippen LogP) is 1.47. The molecule has 18 heavy (non-hydrogen) atoms. The molecule has 0 saturated heterocycles. The third-order valence-electron chi connectivity index (χ3n) is 2.54. The van der Waals surface area contributed by atoms with Gasteiger partial charge in [0.25, 0.3) is 0 Å². The summed E-state index contributed by atoms with van der Waals surface area (Å²) in [6, 6.07) is 3.39. The van der Waals surface area contributed by atoms with E-state index in [9.17, 15) is 9.90 Å². The van der Waals surface area contributed by atoms with Crippen molar-refractivity contribution in [2.45, 2.75) is 6.92 Å². The first-order valence-corrected chi connectivity index (χ1v) is 5.30. The molecule has 0 saturated carbocycles. The Morgan fingerprint density at radius 1 is 1.28 bits per heavy atom. The average molecular weight is 252 g/mol. The summed E-state index contributed by atoms with van der Waals surface area (Å²) in [5.41, 5.74) is 1.74. The predicted molar refractivity (Wildman–Crippen MR) is 67.0 cm³/mol. The zero-order valence-electron chi connectivity index (χ0n) is 10.6. The normalized spacial score (nSPS) is 11.2. The lowest BCUT2D eigenvalue weighted by Gasteiger charge is -2.13. The summed E-state index contributed by atoms with van der Waals surface area (Å²) in [5.74, 6) is -0.0533. The first-order chi connectivity index (χ1) is 8.53.